The lowest BCUT2D eigenvalue weighted by Gasteiger charge is -2.23. The highest BCUT2D eigenvalue weighted by Crippen LogP contribution is 2.45. The maximum Gasteiger partial charge on any atom is 0.427 e. The van der Waals surface area contributed by atoms with Gasteiger partial charge in [0, 0.05) is 16.0 Å². The van der Waals surface area contributed by atoms with Crippen molar-refractivity contribution in [3.63, 3.8) is 0 Å². The van der Waals surface area contributed by atoms with Gasteiger partial charge in [-0.1, -0.05) is 54.1 Å². The molecule has 0 saturated carbocycles. The van der Waals surface area contributed by atoms with Gasteiger partial charge in [0.2, 0.25) is 5.91 Å². The Morgan fingerprint density at radius 3 is 2.64 bits per heavy atom. The fraction of sp³-hybridized carbons (Fsp3) is 0.194. The van der Waals surface area contributed by atoms with Crippen LogP contribution in [-0.4, -0.2) is 37.9 Å². The van der Waals surface area contributed by atoms with Gasteiger partial charge >= 0.3 is 6.09 Å². The van der Waals surface area contributed by atoms with E-state index in [0.29, 0.717) is 51.4 Å². The first kappa shape index (κ1) is 27.7. The summed E-state index contributed by atoms with van der Waals surface area (Å²) in [6.07, 6.45) is 0.545. The number of aryl methyl sites for hydroxylation is 1. The molecule has 2 aromatic heterocycles. The van der Waals surface area contributed by atoms with E-state index >= 15 is 0 Å². The number of benzene rings is 3. The maximum atomic E-state index is 14.5. The van der Waals surface area contributed by atoms with E-state index < -0.39 is 11.5 Å². The molecule has 0 bridgehead atoms. The molecule has 2 atom stereocenters. The number of hydrogen-bond donors (Lipinski definition) is 4. The van der Waals surface area contributed by atoms with Crippen molar-refractivity contribution in [1.82, 2.24) is 30.5 Å². The molecule has 5 aromatic rings. The van der Waals surface area contributed by atoms with Crippen LogP contribution in [0.15, 0.2) is 66.7 Å². The van der Waals surface area contributed by atoms with Gasteiger partial charge in [-0.15, -0.1) is 5.48 Å². The number of anilines is 2. The monoisotopic (exact) mass is 612 g/mol. The summed E-state index contributed by atoms with van der Waals surface area (Å²) in [5.41, 5.74) is 11.9. The summed E-state index contributed by atoms with van der Waals surface area (Å²) >= 11 is 6.31. The zero-order valence-corrected chi connectivity index (χ0v) is 24.2. The van der Waals surface area contributed by atoms with Gasteiger partial charge in [0.25, 0.3) is 0 Å². The van der Waals surface area contributed by atoms with Crippen LogP contribution in [0.5, 0.6) is 0 Å². The van der Waals surface area contributed by atoms with Gasteiger partial charge < -0.3 is 21.2 Å². The summed E-state index contributed by atoms with van der Waals surface area (Å²) < 4.78 is 16.2. The lowest BCUT2D eigenvalue weighted by Crippen LogP contribution is -2.33. The van der Waals surface area contributed by atoms with Crippen molar-refractivity contribution in [3.8, 4) is 11.5 Å². The molecule has 2 aliphatic heterocycles. The number of carbonyl (C=O) groups excluding carboxylic acids is 2. The second-order valence-corrected chi connectivity index (χ2v) is 11.4. The van der Waals surface area contributed by atoms with Crippen LogP contribution in [0.2, 0.25) is 5.02 Å². The Balaban J connectivity index is 1.22. The topological polar surface area (TPSA) is 149 Å². The molecule has 7 rings (SSSR count). The quantitative estimate of drug-likeness (QED) is 0.207. The zero-order chi connectivity index (χ0) is 30.6. The number of hydrogen-bond acceptors (Lipinski definition) is 8. The largest absolute Gasteiger partial charge is 0.427 e. The molecule has 0 spiro atoms. The summed E-state index contributed by atoms with van der Waals surface area (Å²) in [5.74, 6) is 0.0378. The molecule has 4 heterocycles. The molecule has 44 heavy (non-hydrogen) atoms. The van der Waals surface area contributed by atoms with Crippen molar-refractivity contribution in [2.75, 3.05) is 11.1 Å². The number of amides is 2. The summed E-state index contributed by atoms with van der Waals surface area (Å²) in [5, 5.41) is 11.5. The zero-order valence-electron chi connectivity index (χ0n) is 23.4. The van der Waals surface area contributed by atoms with Crippen LogP contribution in [0.25, 0.3) is 22.4 Å². The smallest absolute Gasteiger partial charge is 0.383 e. The molecule has 11 nitrogen and oxygen atoms in total. The molecular formula is C31H26ClFN8O3. The van der Waals surface area contributed by atoms with Crippen LogP contribution < -0.4 is 21.8 Å². The number of nitrogen functional groups attached to an aromatic ring is 1. The molecule has 2 aliphatic rings. The summed E-state index contributed by atoms with van der Waals surface area (Å²) in [7, 11) is 0. The first-order valence-electron chi connectivity index (χ1n) is 13.9. The Kier molecular flexibility index (Phi) is 6.67. The normalized spacial score (nSPS) is 19.1. The van der Waals surface area contributed by atoms with Crippen LogP contribution in [0.3, 0.4) is 0 Å². The molecule has 0 aliphatic carbocycles. The maximum absolute atomic E-state index is 14.5. The standard InChI is InChI=1S/C31H26ClFN8O3/c1-31(18-9-6-16(7-10-18)8-13-23-35-30(43)44-40-23)24-26(34)36-28(37-27(24)38-29(31)42)25-20-12-11-19(32)14-22(20)41(39-25)15-17-4-2-3-5-21(17)33/h2-7,9-12,14,23,40H,8,13,15H2,1H3,(H,35,43)(H3,34,36,37,38,42)/t23?,31-/m0/s1. The van der Waals surface area contributed by atoms with Gasteiger partial charge in [-0.05, 0) is 55.2 Å². The van der Waals surface area contributed by atoms with Crippen molar-refractivity contribution >= 4 is 46.1 Å². The third kappa shape index (κ3) is 4.68. The Labute approximate surface area is 255 Å². The minimum Gasteiger partial charge on any atom is -0.383 e. The number of carbonyl (C=O) groups is 2. The van der Waals surface area contributed by atoms with Gasteiger partial charge in [-0.25, -0.2) is 19.2 Å². The van der Waals surface area contributed by atoms with E-state index in [0.717, 1.165) is 11.1 Å². The van der Waals surface area contributed by atoms with Gasteiger partial charge in [0.15, 0.2) is 5.82 Å². The minimum absolute atomic E-state index is 0.142. The lowest BCUT2D eigenvalue weighted by molar-refractivity contribution is -0.119. The van der Waals surface area contributed by atoms with Crippen molar-refractivity contribution in [2.24, 2.45) is 0 Å². The number of nitrogens with two attached hydrogens (primary N) is 1. The van der Waals surface area contributed by atoms with E-state index in [4.69, 9.17) is 32.3 Å². The summed E-state index contributed by atoms with van der Waals surface area (Å²) in [4.78, 5) is 38.7. The molecule has 3 aromatic carbocycles. The highest BCUT2D eigenvalue weighted by Gasteiger charge is 2.47. The molecule has 0 radical (unpaired) electrons. The molecular weight excluding hydrogens is 587 g/mol. The Bertz CT molecular complexity index is 1960. The fourth-order valence-electron chi connectivity index (χ4n) is 5.78. The van der Waals surface area contributed by atoms with E-state index in [1.54, 1.807) is 48.0 Å². The van der Waals surface area contributed by atoms with Crippen molar-refractivity contribution < 1.29 is 18.8 Å². The van der Waals surface area contributed by atoms with Crippen LogP contribution in [0.4, 0.5) is 20.8 Å². The first-order valence-corrected chi connectivity index (χ1v) is 14.3. The van der Waals surface area contributed by atoms with Crippen molar-refractivity contribution in [1.29, 1.82) is 0 Å². The number of aromatic nitrogens is 4. The van der Waals surface area contributed by atoms with Crippen molar-refractivity contribution in [3.05, 3.63) is 99.8 Å². The van der Waals surface area contributed by atoms with Crippen LogP contribution in [0, 0.1) is 5.82 Å². The summed E-state index contributed by atoms with van der Waals surface area (Å²) in [6, 6.07) is 19.4. The number of fused-ring (bicyclic) bond motifs is 2. The minimum atomic E-state index is -1.13. The van der Waals surface area contributed by atoms with Gasteiger partial charge in [0.05, 0.1) is 17.6 Å². The number of nitrogens with one attached hydrogen (secondary N) is 3. The third-order valence-electron chi connectivity index (χ3n) is 8.17. The second-order valence-electron chi connectivity index (χ2n) is 10.9. The molecule has 1 fully saturated rings. The number of nitrogens with zero attached hydrogens (tertiary/aromatic N) is 4. The number of hydroxylamine groups is 1. The van der Waals surface area contributed by atoms with E-state index in [2.05, 4.69) is 21.1 Å². The first-order chi connectivity index (χ1) is 21.2. The average molecular weight is 613 g/mol. The molecule has 1 saturated heterocycles. The van der Waals surface area contributed by atoms with E-state index in [9.17, 15) is 14.0 Å². The molecule has 13 heteroatoms. The second kappa shape index (κ2) is 10.6. The Morgan fingerprint density at radius 1 is 1.09 bits per heavy atom. The van der Waals surface area contributed by atoms with Crippen molar-refractivity contribution in [2.45, 2.75) is 37.9 Å². The SMILES string of the molecule is C[C@@]1(c2ccc(CCC3NOC(=O)N3)cc2)C(=O)Nc2nc(-c3nn(Cc4ccccc4F)c4cc(Cl)ccc34)nc(N)c21. The summed E-state index contributed by atoms with van der Waals surface area (Å²) in [6.45, 7) is 1.95. The fourth-order valence-corrected chi connectivity index (χ4v) is 5.95. The number of halogens is 2. The Hall–Kier alpha value is -5.07. The van der Waals surface area contributed by atoms with Gasteiger partial charge in [-0.2, -0.15) is 5.10 Å². The van der Waals surface area contributed by atoms with E-state index in [-0.39, 0.29) is 36.1 Å². The molecule has 222 valence electrons. The average Bonchev–Trinajstić information content (AvgIpc) is 3.67. The Morgan fingerprint density at radius 2 is 1.89 bits per heavy atom. The highest BCUT2D eigenvalue weighted by molar-refractivity contribution is 6.31. The van der Waals surface area contributed by atoms with E-state index in [1.165, 1.54) is 6.07 Å². The van der Waals surface area contributed by atoms with Gasteiger partial charge in [0.1, 0.15) is 34.7 Å². The van der Waals surface area contributed by atoms with Crippen LogP contribution >= 0.6 is 11.6 Å². The lowest BCUT2D eigenvalue weighted by atomic mass is 9.77. The molecule has 1 unspecified atom stereocenters. The number of rotatable bonds is 7. The predicted molar refractivity (Wildman–Crippen MR) is 162 cm³/mol. The molecule has 5 N–H and O–H groups in total. The molecule has 2 amide bonds. The van der Waals surface area contributed by atoms with Crippen LogP contribution in [0.1, 0.15) is 35.6 Å². The predicted octanol–water partition coefficient (Wildman–Crippen LogP) is 4.68. The van der Waals surface area contributed by atoms with Crippen LogP contribution in [-0.2, 0) is 28.0 Å². The van der Waals surface area contributed by atoms with E-state index in [1.807, 2.05) is 24.3 Å². The van der Waals surface area contributed by atoms with Gasteiger partial charge in [-0.3, -0.25) is 9.48 Å². The third-order valence-corrected chi connectivity index (χ3v) is 8.40. The highest BCUT2D eigenvalue weighted by atomic mass is 35.5.